The highest BCUT2D eigenvalue weighted by Crippen LogP contribution is 2.39. The van der Waals surface area contributed by atoms with Crippen LogP contribution >= 0.6 is 0 Å². The van der Waals surface area contributed by atoms with E-state index in [1.165, 1.54) is 24.3 Å². The molecule has 0 radical (unpaired) electrons. The third kappa shape index (κ3) is 7.84. The summed E-state index contributed by atoms with van der Waals surface area (Å²) in [6.07, 6.45) is -7.55. The fraction of sp³-hybridized carbons (Fsp3) is 0.345. The number of carbonyl (C=O) groups excluding carboxylic acids is 1. The quantitative estimate of drug-likeness (QED) is 0.249. The number of carbonyl (C=O) groups is 1. The number of amides is 2. The third-order valence-corrected chi connectivity index (χ3v) is 7.00. The summed E-state index contributed by atoms with van der Waals surface area (Å²) in [6, 6.07) is 17.6. The van der Waals surface area contributed by atoms with Crippen molar-refractivity contribution in [2.45, 2.75) is 55.9 Å². The van der Waals surface area contributed by atoms with E-state index in [4.69, 9.17) is 0 Å². The van der Waals surface area contributed by atoms with Crippen LogP contribution in [0.1, 0.15) is 42.4 Å². The van der Waals surface area contributed by atoms with Crippen molar-refractivity contribution >= 4 is 6.03 Å². The third-order valence-electron chi connectivity index (χ3n) is 7.00. The summed E-state index contributed by atoms with van der Waals surface area (Å²) < 4.78 is 87.0. The van der Waals surface area contributed by atoms with E-state index < -0.39 is 41.3 Å². The largest absolute Gasteiger partial charge is 0.573 e. The highest BCUT2D eigenvalue weighted by molar-refractivity contribution is 5.77. The van der Waals surface area contributed by atoms with E-state index in [0.717, 1.165) is 37.1 Å². The van der Waals surface area contributed by atoms with E-state index in [-0.39, 0.29) is 24.2 Å². The average molecular weight is 583 g/mol. The van der Waals surface area contributed by atoms with Crippen molar-refractivity contribution < 1.29 is 45.7 Å². The van der Waals surface area contributed by atoms with Gasteiger partial charge in [-0.05, 0) is 53.8 Å². The Kier molecular flexibility index (Phi) is 8.71. The number of benzene rings is 3. The molecule has 0 heterocycles. The lowest BCUT2D eigenvalue weighted by Crippen LogP contribution is -2.58. The van der Waals surface area contributed by atoms with Crippen LogP contribution < -0.4 is 20.1 Å². The number of ether oxygens (including phenoxy) is 2. The van der Waals surface area contributed by atoms with Gasteiger partial charge in [0.25, 0.3) is 0 Å². The van der Waals surface area contributed by atoms with Crippen LogP contribution in [0.4, 0.5) is 31.1 Å². The van der Waals surface area contributed by atoms with Gasteiger partial charge in [-0.15, -0.1) is 26.3 Å². The SMILES string of the molecule is O=C(NC1(CO)CCCC1)NC(Cc1ccccc1)(c1cccc(OC(F)(F)F)c1)c1cccc(OC(F)(F)F)c1. The van der Waals surface area contributed by atoms with Crippen LogP contribution in [0.3, 0.4) is 0 Å². The second-order valence-electron chi connectivity index (χ2n) is 9.94. The molecule has 1 aliphatic carbocycles. The Balaban J connectivity index is 1.88. The molecule has 1 aliphatic rings. The molecule has 12 heteroatoms. The zero-order valence-corrected chi connectivity index (χ0v) is 21.7. The highest BCUT2D eigenvalue weighted by atomic mass is 19.4. The van der Waals surface area contributed by atoms with Gasteiger partial charge in [0.1, 0.15) is 11.5 Å². The van der Waals surface area contributed by atoms with Gasteiger partial charge in [0.2, 0.25) is 0 Å². The second-order valence-corrected chi connectivity index (χ2v) is 9.94. The molecule has 0 aromatic heterocycles. The first-order valence-electron chi connectivity index (χ1n) is 12.8. The summed E-state index contributed by atoms with van der Waals surface area (Å²) in [7, 11) is 0. The van der Waals surface area contributed by atoms with Crippen molar-refractivity contribution in [2.24, 2.45) is 0 Å². The van der Waals surface area contributed by atoms with E-state index in [1.807, 2.05) is 0 Å². The lowest BCUT2D eigenvalue weighted by atomic mass is 9.77. The Bertz CT molecular complexity index is 1270. The van der Waals surface area contributed by atoms with Crippen molar-refractivity contribution in [1.29, 1.82) is 0 Å². The fourth-order valence-electron chi connectivity index (χ4n) is 5.22. The molecule has 4 rings (SSSR count). The van der Waals surface area contributed by atoms with Gasteiger partial charge in [-0.2, -0.15) is 0 Å². The van der Waals surface area contributed by atoms with Gasteiger partial charge in [-0.1, -0.05) is 67.4 Å². The predicted molar refractivity (Wildman–Crippen MR) is 137 cm³/mol. The second kappa shape index (κ2) is 11.9. The van der Waals surface area contributed by atoms with E-state index in [2.05, 4.69) is 20.1 Å². The standard InChI is InChI=1S/C29H28F6N2O4/c30-28(31,32)40-23-12-6-10-21(16-23)27(18-20-8-2-1-3-9-20,22-11-7-13-24(17-22)41-29(33,34)35)37-25(39)36-26(19-38)14-4-5-15-26/h1-3,6-13,16-17,38H,4-5,14-15,18-19H2,(H2,36,37,39). The van der Waals surface area contributed by atoms with Gasteiger partial charge in [0.05, 0.1) is 17.7 Å². The number of hydrogen-bond donors (Lipinski definition) is 3. The van der Waals surface area contributed by atoms with E-state index >= 15 is 0 Å². The molecular formula is C29H28F6N2O4. The Morgan fingerprint density at radius 1 is 0.780 bits per heavy atom. The lowest BCUT2D eigenvalue weighted by Gasteiger charge is -2.38. The van der Waals surface area contributed by atoms with Crippen molar-refractivity contribution in [3.8, 4) is 11.5 Å². The molecule has 0 bridgehead atoms. The lowest BCUT2D eigenvalue weighted by molar-refractivity contribution is -0.275. The van der Waals surface area contributed by atoms with Gasteiger partial charge >= 0.3 is 18.8 Å². The van der Waals surface area contributed by atoms with Crippen molar-refractivity contribution in [2.75, 3.05) is 6.61 Å². The molecule has 0 atom stereocenters. The van der Waals surface area contributed by atoms with E-state index in [9.17, 15) is 36.2 Å². The van der Waals surface area contributed by atoms with Crippen LogP contribution in [0.25, 0.3) is 0 Å². The molecule has 3 aromatic rings. The van der Waals surface area contributed by atoms with Gasteiger partial charge < -0.3 is 25.2 Å². The van der Waals surface area contributed by atoms with Crippen LogP contribution in [0.5, 0.6) is 11.5 Å². The Morgan fingerprint density at radius 3 is 1.76 bits per heavy atom. The normalized spacial score (nSPS) is 15.3. The number of nitrogens with one attached hydrogen (secondary N) is 2. The summed E-state index contributed by atoms with van der Waals surface area (Å²) in [5, 5.41) is 15.7. The number of alkyl halides is 6. The van der Waals surface area contributed by atoms with Crippen molar-refractivity contribution in [1.82, 2.24) is 10.6 Å². The summed E-state index contributed by atoms with van der Waals surface area (Å²) >= 11 is 0. The minimum atomic E-state index is -5.01. The molecule has 0 unspecified atom stereocenters. The van der Waals surface area contributed by atoms with E-state index in [0.29, 0.717) is 18.4 Å². The molecule has 3 N–H and O–H groups in total. The topological polar surface area (TPSA) is 79.8 Å². The first-order chi connectivity index (χ1) is 19.3. The smallest absolute Gasteiger partial charge is 0.406 e. The molecule has 1 fully saturated rings. The molecular weight excluding hydrogens is 554 g/mol. The zero-order chi connectivity index (χ0) is 29.7. The van der Waals surface area contributed by atoms with Gasteiger partial charge in [-0.3, -0.25) is 0 Å². The van der Waals surface area contributed by atoms with Crippen molar-refractivity contribution in [3.63, 3.8) is 0 Å². The number of urea groups is 1. The minimum absolute atomic E-state index is 0.0711. The number of rotatable bonds is 9. The maximum absolute atomic E-state index is 13.6. The molecule has 220 valence electrons. The first-order valence-corrected chi connectivity index (χ1v) is 12.8. The first kappa shape index (κ1) is 30.0. The van der Waals surface area contributed by atoms with Crippen LogP contribution in [-0.2, 0) is 12.0 Å². The molecule has 3 aromatic carbocycles. The van der Waals surface area contributed by atoms with Crippen LogP contribution in [0.2, 0.25) is 0 Å². The summed E-state index contributed by atoms with van der Waals surface area (Å²) in [6.45, 7) is -0.337. The van der Waals surface area contributed by atoms with Gasteiger partial charge in [0.15, 0.2) is 0 Å². The Morgan fingerprint density at radius 2 is 1.29 bits per heavy atom. The number of hydrogen-bond acceptors (Lipinski definition) is 4. The number of halogens is 6. The monoisotopic (exact) mass is 582 g/mol. The molecule has 2 amide bonds. The van der Waals surface area contributed by atoms with Gasteiger partial charge in [0, 0.05) is 6.42 Å². The summed E-state index contributed by atoms with van der Waals surface area (Å²) in [5.74, 6) is -1.17. The van der Waals surface area contributed by atoms with Gasteiger partial charge in [-0.25, -0.2) is 4.79 Å². The maximum Gasteiger partial charge on any atom is 0.573 e. The zero-order valence-electron chi connectivity index (χ0n) is 21.7. The fourth-order valence-corrected chi connectivity index (χ4v) is 5.22. The minimum Gasteiger partial charge on any atom is -0.406 e. The van der Waals surface area contributed by atoms with Crippen LogP contribution in [0, 0.1) is 0 Å². The number of aliphatic hydroxyl groups is 1. The summed E-state index contributed by atoms with van der Waals surface area (Å²) in [5.41, 5.74) is -1.80. The Hall–Kier alpha value is -3.93. The average Bonchev–Trinajstić information content (AvgIpc) is 3.36. The Labute approximate surface area is 232 Å². The molecule has 6 nitrogen and oxygen atoms in total. The van der Waals surface area contributed by atoms with Crippen molar-refractivity contribution in [3.05, 3.63) is 95.6 Å². The molecule has 41 heavy (non-hydrogen) atoms. The molecule has 0 spiro atoms. The maximum atomic E-state index is 13.6. The highest BCUT2D eigenvalue weighted by Gasteiger charge is 2.41. The molecule has 0 aliphatic heterocycles. The predicted octanol–water partition coefficient (Wildman–Crippen LogP) is 6.57. The molecule has 0 saturated heterocycles. The van der Waals surface area contributed by atoms with Crippen LogP contribution in [-0.4, -0.2) is 36.0 Å². The van der Waals surface area contributed by atoms with E-state index in [1.54, 1.807) is 30.3 Å². The summed E-state index contributed by atoms with van der Waals surface area (Å²) in [4.78, 5) is 13.6. The molecule has 1 saturated carbocycles. The van der Waals surface area contributed by atoms with Crippen LogP contribution in [0.15, 0.2) is 78.9 Å². The number of aliphatic hydroxyl groups excluding tert-OH is 1.